The molecule has 0 fully saturated rings. The zero-order chi connectivity index (χ0) is 8.72. The van der Waals surface area contributed by atoms with Gasteiger partial charge in [-0.25, -0.2) is 0 Å². The Balaban J connectivity index is 2.61. The van der Waals surface area contributed by atoms with E-state index < -0.39 is 0 Å². The van der Waals surface area contributed by atoms with Crippen LogP contribution in [-0.4, -0.2) is 15.6 Å². The van der Waals surface area contributed by atoms with Crippen molar-refractivity contribution in [3.63, 3.8) is 0 Å². The molecule has 1 aromatic heterocycles. The summed E-state index contributed by atoms with van der Waals surface area (Å²) in [5, 5.41) is 4.25. The summed E-state index contributed by atoms with van der Waals surface area (Å²) in [4.78, 5) is 11.4. The van der Waals surface area contributed by atoms with Crippen LogP contribution in [0.4, 0.5) is 0 Å². The van der Waals surface area contributed by atoms with Crippen molar-refractivity contribution in [3.8, 4) is 0 Å². The Hall–Kier alpha value is -0.640. The number of carbonyl (C=O) groups is 1. The number of nitrogens with zero attached hydrogens (tertiary/aromatic N) is 2. The Kier molecular flexibility index (Phi) is 1.79. The van der Waals surface area contributed by atoms with Crippen molar-refractivity contribution in [1.29, 1.82) is 0 Å². The molecule has 0 radical (unpaired) electrons. The fourth-order valence-electron chi connectivity index (χ4n) is 1.50. The Labute approximate surface area is 78.9 Å². The van der Waals surface area contributed by atoms with E-state index in [1.165, 1.54) is 0 Å². The Bertz CT molecular complexity index is 343. The SMILES string of the molecule is Cc1nn2c(c1Br)C(=O)CCC2. The Morgan fingerprint density at radius 1 is 1.58 bits per heavy atom. The van der Waals surface area contributed by atoms with E-state index in [2.05, 4.69) is 21.0 Å². The highest BCUT2D eigenvalue weighted by Gasteiger charge is 2.22. The fourth-order valence-corrected chi connectivity index (χ4v) is 2.00. The van der Waals surface area contributed by atoms with Gasteiger partial charge in [-0.1, -0.05) is 0 Å². The lowest BCUT2D eigenvalue weighted by atomic mass is 10.1. The van der Waals surface area contributed by atoms with Gasteiger partial charge in [-0.05, 0) is 29.3 Å². The molecule has 1 aliphatic heterocycles. The van der Waals surface area contributed by atoms with E-state index in [0.29, 0.717) is 6.42 Å². The van der Waals surface area contributed by atoms with E-state index in [4.69, 9.17) is 0 Å². The summed E-state index contributed by atoms with van der Waals surface area (Å²) in [5.41, 5.74) is 1.65. The number of ketones is 1. The molecular weight excluding hydrogens is 220 g/mol. The first-order chi connectivity index (χ1) is 5.70. The molecule has 64 valence electrons. The molecule has 0 spiro atoms. The maximum absolute atomic E-state index is 11.4. The largest absolute Gasteiger partial charge is 0.292 e. The van der Waals surface area contributed by atoms with Crippen molar-refractivity contribution in [2.75, 3.05) is 0 Å². The van der Waals surface area contributed by atoms with Gasteiger partial charge in [0.05, 0.1) is 10.2 Å². The number of carbonyl (C=O) groups excluding carboxylic acids is 1. The molecule has 0 N–H and O–H groups in total. The van der Waals surface area contributed by atoms with Gasteiger partial charge in [-0.2, -0.15) is 5.10 Å². The molecule has 0 aliphatic carbocycles. The first-order valence-corrected chi connectivity index (χ1v) is 4.75. The van der Waals surface area contributed by atoms with Crippen molar-refractivity contribution < 1.29 is 4.79 Å². The average Bonchev–Trinajstić information content (AvgIpc) is 2.29. The van der Waals surface area contributed by atoms with Crippen LogP contribution >= 0.6 is 15.9 Å². The number of hydrogen-bond donors (Lipinski definition) is 0. The highest BCUT2D eigenvalue weighted by molar-refractivity contribution is 9.10. The van der Waals surface area contributed by atoms with E-state index in [1.807, 2.05) is 6.92 Å². The van der Waals surface area contributed by atoms with Crippen LogP contribution in [0, 0.1) is 6.92 Å². The number of hydrogen-bond acceptors (Lipinski definition) is 2. The Morgan fingerprint density at radius 2 is 2.33 bits per heavy atom. The first kappa shape index (κ1) is 7.98. The van der Waals surface area contributed by atoms with Gasteiger partial charge in [0.1, 0.15) is 5.69 Å². The van der Waals surface area contributed by atoms with Gasteiger partial charge in [0.2, 0.25) is 0 Å². The number of Topliss-reactive ketones (excluding diaryl/α,β-unsaturated/α-hetero) is 1. The van der Waals surface area contributed by atoms with E-state index >= 15 is 0 Å². The minimum Gasteiger partial charge on any atom is -0.292 e. The van der Waals surface area contributed by atoms with Crippen LogP contribution in [0.25, 0.3) is 0 Å². The second-order valence-electron chi connectivity index (χ2n) is 3.00. The smallest absolute Gasteiger partial charge is 0.182 e. The molecule has 0 aromatic carbocycles. The van der Waals surface area contributed by atoms with Crippen molar-refractivity contribution in [2.45, 2.75) is 26.3 Å². The van der Waals surface area contributed by atoms with Gasteiger partial charge in [0, 0.05) is 13.0 Å². The highest BCUT2D eigenvalue weighted by Crippen LogP contribution is 2.25. The third kappa shape index (κ3) is 1.02. The predicted octanol–water partition coefficient (Wildman–Crippen LogP) is 1.93. The lowest BCUT2D eigenvalue weighted by molar-refractivity contribution is 0.0951. The zero-order valence-corrected chi connectivity index (χ0v) is 8.39. The molecular formula is C8H9BrN2O. The summed E-state index contributed by atoms with van der Waals surface area (Å²) in [7, 11) is 0. The van der Waals surface area contributed by atoms with Crippen molar-refractivity contribution in [2.24, 2.45) is 0 Å². The van der Waals surface area contributed by atoms with Gasteiger partial charge < -0.3 is 0 Å². The quantitative estimate of drug-likeness (QED) is 0.681. The minimum absolute atomic E-state index is 0.203. The lowest BCUT2D eigenvalue weighted by Gasteiger charge is -2.11. The maximum atomic E-state index is 11.4. The fraction of sp³-hybridized carbons (Fsp3) is 0.500. The monoisotopic (exact) mass is 228 g/mol. The van der Waals surface area contributed by atoms with Crippen LogP contribution in [0.5, 0.6) is 0 Å². The highest BCUT2D eigenvalue weighted by atomic mass is 79.9. The van der Waals surface area contributed by atoms with Crippen LogP contribution in [0.1, 0.15) is 29.0 Å². The Morgan fingerprint density at radius 3 is 3.00 bits per heavy atom. The van der Waals surface area contributed by atoms with Crippen LogP contribution in [-0.2, 0) is 6.54 Å². The van der Waals surface area contributed by atoms with Crippen LogP contribution in [0.3, 0.4) is 0 Å². The summed E-state index contributed by atoms with van der Waals surface area (Å²) in [6.45, 7) is 2.77. The summed E-state index contributed by atoms with van der Waals surface area (Å²) in [5.74, 6) is 0.203. The molecule has 0 bridgehead atoms. The lowest BCUT2D eigenvalue weighted by Crippen LogP contribution is -2.17. The second kappa shape index (κ2) is 2.69. The molecule has 2 rings (SSSR count). The third-order valence-corrected chi connectivity index (χ3v) is 3.04. The molecule has 0 amide bonds. The number of rotatable bonds is 0. The summed E-state index contributed by atoms with van der Waals surface area (Å²) >= 11 is 3.37. The van der Waals surface area contributed by atoms with E-state index in [0.717, 1.165) is 28.8 Å². The number of aryl methyl sites for hydroxylation is 2. The van der Waals surface area contributed by atoms with Crippen molar-refractivity contribution in [1.82, 2.24) is 9.78 Å². The van der Waals surface area contributed by atoms with Crippen LogP contribution in [0.15, 0.2) is 4.47 Å². The molecule has 4 heteroatoms. The number of aromatic nitrogens is 2. The van der Waals surface area contributed by atoms with E-state index in [1.54, 1.807) is 4.68 Å². The van der Waals surface area contributed by atoms with Gasteiger partial charge >= 0.3 is 0 Å². The standard InChI is InChI=1S/C8H9BrN2O/c1-5-7(9)8-6(12)3-2-4-11(8)10-5/h2-4H2,1H3. The molecule has 1 aromatic rings. The second-order valence-corrected chi connectivity index (χ2v) is 3.79. The molecule has 0 atom stereocenters. The molecule has 0 saturated heterocycles. The van der Waals surface area contributed by atoms with Gasteiger partial charge in [-0.3, -0.25) is 9.48 Å². The summed E-state index contributed by atoms with van der Waals surface area (Å²) < 4.78 is 2.66. The van der Waals surface area contributed by atoms with E-state index in [9.17, 15) is 4.79 Å². The number of fused-ring (bicyclic) bond motifs is 1. The van der Waals surface area contributed by atoms with Crippen molar-refractivity contribution in [3.05, 3.63) is 15.9 Å². The predicted molar refractivity (Wildman–Crippen MR) is 48.2 cm³/mol. The van der Waals surface area contributed by atoms with Crippen LogP contribution < -0.4 is 0 Å². The zero-order valence-electron chi connectivity index (χ0n) is 6.80. The van der Waals surface area contributed by atoms with Gasteiger partial charge in [-0.15, -0.1) is 0 Å². The third-order valence-electron chi connectivity index (χ3n) is 2.09. The van der Waals surface area contributed by atoms with Gasteiger partial charge in [0.25, 0.3) is 0 Å². The summed E-state index contributed by atoms with van der Waals surface area (Å²) in [6, 6.07) is 0. The molecule has 3 nitrogen and oxygen atoms in total. The average molecular weight is 229 g/mol. The van der Waals surface area contributed by atoms with Crippen LogP contribution in [0.2, 0.25) is 0 Å². The summed E-state index contributed by atoms with van der Waals surface area (Å²) in [6.07, 6.45) is 1.57. The maximum Gasteiger partial charge on any atom is 0.182 e. The minimum atomic E-state index is 0.203. The number of halogens is 1. The molecule has 0 unspecified atom stereocenters. The van der Waals surface area contributed by atoms with Gasteiger partial charge in [0.15, 0.2) is 5.78 Å². The van der Waals surface area contributed by atoms with Crippen molar-refractivity contribution >= 4 is 21.7 Å². The molecule has 12 heavy (non-hydrogen) atoms. The normalized spacial score (nSPS) is 16.3. The molecule has 1 aliphatic rings. The molecule has 2 heterocycles. The first-order valence-electron chi connectivity index (χ1n) is 3.96. The molecule has 0 saturated carbocycles. The van der Waals surface area contributed by atoms with E-state index in [-0.39, 0.29) is 5.78 Å². The topological polar surface area (TPSA) is 34.9 Å².